The van der Waals surface area contributed by atoms with Crippen LogP contribution in [0, 0.1) is 5.41 Å². The van der Waals surface area contributed by atoms with Gasteiger partial charge in [0.2, 0.25) is 0 Å². The molecule has 15 heavy (non-hydrogen) atoms. The number of ether oxygens (including phenoxy) is 2. The molecule has 0 aromatic heterocycles. The van der Waals surface area contributed by atoms with E-state index < -0.39 is 0 Å². The summed E-state index contributed by atoms with van der Waals surface area (Å²) in [5.74, 6) is 0. The third kappa shape index (κ3) is 6.54. The first-order valence-corrected chi connectivity index (χ1v) is 6.99. The van der Waals surface area contributed by atoms with E-state index >= 15 is 0 Å². The van der Waals surface area contributed by atoms with E-state index in [-0.39, 0.29) is 0 Å². The largest absolute Gasteiger partial charge is 0.382 e. The smallest absolute Gasteiger partial charge is 0.0700 e. The lowest BCUT2D eigenvalue weighted by molar-refractivity contribution is 0.0168. The molecule has 0 saturated carbocycles. The molecule has 0 heterocycles. The number of methoxy groups -OCH3 is 1. The van der Waals surface area contributed by atoms with Crippen LogP contribution in [0.2, 0.25) is 0 Å². The zero-order valence-electron chi connectivity index (χ0n) is 10.4. The van der Waals surface area contributed by atoms with Crippen molar-refractivity contribution in [2.75, 3.05) is 32.3 Å². The minimum Gasteiger partial charge on any atom is -0.382 e. The van der Waals surface area contributed by atoms with E-state index in [2.05, 4.69) is 29.8 Å². The van der Waals surface area contributed by atoms with Gasteiger partial charge in [-0.25, -0.2) is 0 Å². The van der Waals surface area contributed by atoms with Gasteiger partial charge in [-0.3, -0.25) is 0 Å². The molecule has 0 rings (SSSR count). The molecular weight excluding hydrogens is 256 g/mol. The molecule has 0 bridgehead atoms. The highest BCUT2D eigenvalue weighted by Gasteiger charge is 2.27. The van der Waals surface area contributed by atoms with E-state index in [0.717, 1.165) is 11.9 Å². The molecule has 0 N–H and O–H groups in total. The quantitative estimate of drug-likeness (QED) is 0.449. The predicted octanol–water partition coefficient (Wildman–Crippen LogP) is 3.63. The summed E-state index contributed by atoms with van der Waals surface area (Å²) < 4.78 is 10.7. The van der Waals surface area contributed by atoms with Crippen molar-refractivity contribution in [3.63, 3.8) is 0 Å². The standard InChI is InChI=1S/C12H25BrO2/c1-4-6-12(10-13,7-5-2)11-15-9-8-14-3/h4-11H2,1-3H3. The maximum absolute atomic E-state index is 5.68. The molecule has 0 unspecified atom stereocenters. The third-order valence-corrected chi connectivity index (χ3v) is 3.87. The molecule has 0 aliphatic carbocycles. The normalized spacial score (nSPS) is 12.0. The van der Waals surface area contributed by atoms with Crippen molar-refractivity contribution < 1.29 is 9.47 Å². The minimum atomic E-state index is 0.331. The summed E-state index contributed by atoms with van der Waals surface area (Å²) in [6.07, 6.45) is 4.91. The van der Waals surface area contributed by atoms with Gasteiger partial charge < -0.3 is 9.47 Å². The number of alkyl halides is 1. The fourth-order valence-electron chi connectivity index (χ4n) is 1.93. The summed E-state index contributed by atoms with van der Waals surface area (Å²) in [6, 6.07) is 0. The Balaban J connectivity index is 3.96. The lowest BCUT2D eigenvalue weighted by Gasteiger charge is -2.31. The molecule has 0 aromatic carbocycles. The van der Waals surface area contributed by atoms with Crippen molar-refractivity contribution in [1.29, 1.82) is 0 Å². The Bertz CT molecular complexity index is 134. The van der Waals surface area contributed by atoms with E-state index in [0.29, 0.717) is 18.6 Å². The van der Waals surface area contributed by atoms with E-state index in [1.165, 1.54) is 25.7 Å². The molecule has 0 atom stereocenters. The van der Waals surface area contributed by atoms with Crippen LogP contribution >= 0.6 is 15.9 Å². The summed E-state index contributed by atoms with van der Waals surface area (Å²) in [5, 5.41) is 1.04. The molecule has 92 valence electrons. The Morgan fingerprint density at radius 3 is 2.07 bits per heavy atom. The van der Waals surface area contributed by atoms with E-state index in [1.54, 1.807) is 7.11 Å². The minimum absolute atomic E-state index is 0.331. The van der Waals surface area contributed by atoms with Gasteiger partial charge in [0.15, 0.2) is 0 Å². The van der Waals surface area contributed by atoms with Crippen molar-refractivity contribution in [2.45, 2.75) is 39.5 Å². The van der Waals surface area contributed by atoms with Gasteiger partial charge in [0, 0.05) is 17.9 Å². The van der Waals surface area contributed by atoms with Crippen LogP contribution < -0.4 is 0 Å². The number of hydrogen-bond acceptors (Lipinski definition) is 2. The molecule has 0 aliphatic rings. The highest BCUT2D eigenvalue weighted by atomic mass is 79.9. The van der Waals surface area contributed by atoms with Gasteiger partial charge in [0.25, 0.3) is 0 Å². The third-order valence-electron chi connectivity index (χ3n) is 2.68. The topological polar surface area (TPSA) is 18.5 Å². The fourth-order valence-corrected chi connectivity index (χ4v) is 2.66. The first-order chi connectivity index (χ1) is 7.24. The number of hydrogen-bond donors (Lipinski definition) is 0. The fraction of sp³-hybridized carbons (Fsp3) is 1.00. The monoisotopic (exact) mass is 280 g/mol. The van der Waals surface area contributed by atoms with Crippen LogP contribution in [0.5, 0.6) is 0 Å². The van der Waals surface area contributed by atoms with Gasteiger partial charge in [0.1, 0.15) is 0 Å². The molecule has 0 radical (unpaired) electrons. The molecular formula is C12H25BrO2. The Kier molecular flexibility index (Phi) is 9.87. The summed E-state index contributed by atoms with van der Waals surface area (Å²) in [7, 11) is 1.71. The van der Waals surface area contributed by atoms with Gasteiger partial charge in [-0.05, 0) is 12.8 Å². The Labute approximate surface area is 103 Å². The molecule has 2 nitrogen and oxygen atoms in total. The second-order valence-electron chi connectivity index (χ2n) is 4.18. The number of rotatable bonds is 10. The predicted molar refractivity (Wildman–Crippen MR) is 68.7 cm³/mol. The van der Waals surface area contributed by atoms with Gasteiger partial charge in [-0.15, -0.1) is 0 Å². The van der Waals surface area contributed by atoms with E-state index in [4.69, 9.17) is 9.47 Å². The highest BCUT2D eigenvalue weighted by molar-refractivity contribution is 9.09. The zero-order valence-corrected chi connectivity index (χ0v) is 11.9. The molecule has 0 fully saturated rings. The number of halogens is 1. The Hall–Kier alpha value is 0.400. The van der Waals surface area contributed by atoms with Crippen LogP contribution in [-0.2, 0) is 9.47 Å². The summed E-state index contributed by atoms with van der Waals surface area (Å²) in [5.41, 5.74) is 0.331. The SMILES string of the molecule is CCCC(CBr)(CCC)COCCOC. The van der Waals surface area contributed by atoms with Gasteiger partial charge in [0.05, 0.1) is 19.8 Å². The van der Waals surface area contributed by atoms with Crippen LogP contribution in [0.3, 0.4) is 0 Å². The highest BCUT2D eigenvalue weighted by Crippen LogP contribution is 2.32. The Morgan fingerprint density at radius 1 is 1.07 bits per heavy atom. The summed E-state index contributed by atoms with van der Waals surface area (Å²) in [6.45, 7) is 6.73. The summed E-state index contributed by atoms with van der Waals surface area (Å²) >= 11 is 3.63. The molecule has 0 aromatic rings. The van der Waals surface area contributed by atoms with Crippen molar-refractivity contribution >= 4 is 15.9 Å². The zero-order chi connectivity index (χ0) is 11.6. The first-order valence-electron chi connectivity index (χ1n) is 5.87. The van der Waals surface area contributed by atoms with Gasteiger partial charge in [-0.1, -0.05) is 42.6 Å². The maximum atomic E-state index is 5.68. The molecule has 0 saturated heterocycles. The molecule has 0 amide bonds. The average Bonchev–Trinajstić information content (AvgIpc) is 2.25. The van der Waals surface area contributed by atoms with Gasteiger partial charge in [-0.2, -0.15) is 0 Å². The van der Waals surface area contributed by atoms with Gasteiger partial charge >= 0.3 is 0 Å². The van der Waals surface area contributed by atoms with Crippen molar-refractivity contribution in [1.82, 2.24) is 0 Å². The first kappa shape index (κ1) is 15.4. The van der Waals surface area contributed by atoms with Crippen LogP contribution in [-0.4, -0.2) is 32.3 Å². The van der Waals surface area contributed by atoms with E-state index in [9.17, 15) is 0 Å². The van der Waals surface area contributed by atoms with Crippen LogP contribution in [0.4, 0.5) is 0 Å². The second-order valence-corrected chi connectivity index (χ2v) is 4.74. The summed E-state index contributed by atoms with van der Waals surface area (Å²) in [4.78, 5) is 0. The maximum Gasteiger partial charge on any atom is 0.0700 e. The lowest BCUT2D eigenvalue weighted by atomic mass is 9.82. The van der Waals surface area contributed by atoms with E-state index in [1.807, 2.05) is 0 Å². The second kappa shape index (κ2) is 9.61. The molecule has 3 heteroatoms. The average molecular weight is 281 g/mol. The Morgan fingerprint density at radius 2 is 1.67 bits per heavy atom. The van der Waals surface area contributed by atoms with Crippen LogP contribution in [0.1, 0.15) is 39.5 Å². The van der Waals surface area contributed by atoms with Crippen LogP contribution in [0.15, 0.2) is 0 Å². The van der Waals surface area contributed by atoms with Crippen LogP contribution in [0.25, 0.3) is 0 Å². The van der Waals surface area contributed by atoms with Crippen molar-refractivity contribution in [3.8, 4) is 0 Å². The molecule has 0 spiro atoms. The van der Waals surface area contributed by atoms with Crippen molar-refractivity contribution in [2.24, 2.45) is 5.41 Å². The molecule has 0 aliphatic heterocycles. The van der Waals surface area contributed by atoms with Crippen molar-refractivity contribution in [3.05, 3.63) is 0 Å². The lowest BCUT2D eigenvalue weighted by Crippen LogP contribution is -2.29.